The van der Waals surface area contributed by atoms with Crippen molar-refractivity contribution in [2.45, 2.75) is 6.42 Å². The number of hydrogen-bond donors (Lipinski definition) is 4. The first kappa shape index (κ1) is 16.4. The van der Waals surface area contributed by atoms with E-state index in [1.807, 2.05) is 24.3 Å². The highest BCUT2D eigenvalue weighted by molar-refractivity contribution is 5.92. The molecule has 0 fully saturated rings. The summed E-state index contributed by atoms with van der Waals surface area (Å²) in [4.78, 5) is 29.5. The zero-order chi connectivity index (χ0) is 17.8. The summed E-state index contributed by atoms with van der Waals surface area (Å²) < 4.78 is 0. The number of carboxylic acids is 1. The van der Waals surface area contributed by atoms with Crippen LogP contribution in [0.25, 0.3) is 17.1 Å². The molecule has 1 heterocycles. The van der Waals surface area contributed by atoms with Crippen molar-refractivity contribution in [2.24, 2.45) is 0 Å². The number of carbonyl (C=O) groups is 2. The average Bonchev–Trinajstić information content (AvgIpc) is 3.02. The number of carbonyl (C=O) groups excluding carboxylic acids is 1. The first-order valence-electron chi connectivity index (χ1n) is 7.48. The quantitative estimate of drug-likeness (QED) is 0.324. The van der Waals surface area contributed by atoms with Gasteiger partial charge < -0.3 is 10.1 Å². The molecule has 25 heavy (non-hydrogen) atoms. The van der Waals surface area contributed by atoms with Gasteiger partial charge in [-0.1, -0.05) is 24.3 Å². The number of benzene rings is 2. The molecule has 3 rings (SSSR count). The summed E-state index contributed by atoms with van der Waals surface area (Å²) >= 11 is 0. The van der Waals surface area contributed by atoms with Crippen molar-refractivity contribution in [3.63, 3.8) is 0 Å². The maximum absolute atomic E-state index is 11.0. The fourth-order valence-corrected chi connectivity index (χ4v) is 2.43. The molecule has 3 aromatic rings. The van der Waals surface area contributed by atoms with Crippen molar-refractivity contribution in [1.82, 2.24) is 15.4 Å². The van der Waals surface area contributed by atoms with Crippen LogP contribution in [0, 0.1) is 0 Å². The summed E-state index contributed by atoms with van der Waals surface area (Å²) in [6.45, 7) is 0. The van der Waals surface area contributed by atoms with Gasteiger partial charge in [0.2, 0.25) is 0 Å². The lowest BCUT2D eigenvalue weighted by Gasteiger charge is -1.99. The smallest absolute Gasteiger partial charge is 0.335 e. The van der Waals surface area contributed by atoms with Crippen molar-refractivity contribution in [2.75, 3.05) is 0 Å². The van der Waals surface area contributed by atoms with Crippen LogP contribution in [0.2, 0.25) is 0 Å². The molecule has 1 aromatic heterocycles. The average molecular weight is 337 g/mol. The highest BCUT2D eigenvalue weighted by atomic mass is 16.5. The van der Waals surface area contributed by atoms with Gasteiger partial charge in [0.05, 0.1) is 16.6 Å². The predicted octanol–water partition coefficient (Wildman–Crippen LogP) is 2.37. The van der Waals surface area contributed by atoms with Gasteiger partial charge in [-0.3, -0.25) is 10.0 Å². The number of amides is 1. The number of aromatic nitrogens is 2. The first-order valence-corrected chi connectivity index (χ1v) is 7.48. The molecule has 0 unspecified atom stereocenters. The maximum Gasteiger partial charge on any atom is 0.335 e. The van der Waals surface area contributed by atoms with Crippen LogP contribution in [0.4, 0.5) is 0 Å². The van der Waals surface area contributed by atoms with Gasteiger partial charge >= 0.3 is 5.97 Å². The Morgan fingerprint density at radius 3 is 2.60 bits per heavy atom. The normalized spacial score (nSPS) is 11.1. The molecular weight excluding hydrogens is 322 g/mol. The number of imidazole rings is 1. The monoisotopic (exact) mass is 337 g/mol. The molecule has 126 valence electrons. The van der Waals surface area contributed by atoms with Crippen molar-refractivity contribution < 1.29 is 19.9 Å². The molecule has 7 heteroatoms. The van der Waals surface area contributed by atoms with Gasteiger partial charge in [0, 0.05) is 12.5 Å². The minimum Gasteiger partial charge on any atom is -0.478 e. The third kappa shape index (κ3) is 3.91. The molecule has 0 aliphatic carbocycles. The van der Waals surface area contributed by atoms with Gasteiger partial charge in [0.15, 0.2) is 0 Å². The van der Waals surface area contributed by atoms with Gasteiger partial charge in [-0.15, -0.1) is 0 Å². The highest BCUT2D eigenvalue weighted by Crippen LogP contribution is 2.16. The number of carboxylic acid groups (broad SMARTS) is 1. The third-order valence-electron chi connectivity index (χ3n) is 3.67. The number of rotatable bonds is 5. The highest BCUT2D eigenvalue weighted by Gasteiger charge is 2.08. The SMILES string of the molecule is O=C(/C=C/c1ccc(Cc2nc3ccc(C(=O)O)cc3[nH]2)cc1)NO. The minimum absolute atomic E-state index is 0.214. The molecule has 1 amide bonds. The van der Waals surface area contributed by atoms with Crippen LogP contribution < -0.4 is 5.48 Å². The van der Waals surface area contributed by atoms with E-state index >= 15 is 0 Å². The molecule has 0 saturated heterocycles. The number of H-pyrrole nitrogens is 1. The van der Waals surface area contributed by atoms with Crippen molar-refractivity contribution in [1.29, 1.82) is 0 Å². The summed E-state index contributed by atoms with van der Waals surface area (Å²) in [5, 5.41) is 17.5. The van der Waals surface area contributed by atoms with Gasteiger partial charge in [-0.05, 0) is 35.4 Å². The largest absolute Gasteiger partial charge is 0.478 e. The van der Waals surface area contributed by atoms with Crippen molar-refractivity contribution >= 4 is 29.0 Å². The maximum atomic E-state index is 11.0. The van der Waals surface area contributed by atoms with E-state index in [1.54, 1.807) is 18.2 Å². The minimum atomic E-state index is -0.975. The van der Waals surface area contributed by atoms with E-state index in [1.165, 1.54) is 17.6 Å². The number of hydrogen-bond acceptors (Lipinski definition) is 4. The number of fused-ring (bicyclic) bond motifs is 1. The van der Waals surface area contributed by atoms with E-state index in [2.05, 4.69) is 9.97 Å². The number of nitrogens with zero attached hydrogens (tertiary/aromatic N) is 1. The van der Waals surface area contributed by atoms with Gasteiger partial charge in [-0.25, -0.2) is 15.3 Å². The van der Waals surface area contributed by atoms with Crippen LogP contribution >= 0.6 is 0 Å². The Bertz CT molecular complexity index is 958. The molecule has 0 aliphatic rings. The Kier molecular flexibility index (Phi) is 4.58. The Morgan fingerprint density at radius 1 is 1.16 bits per heavy atom. The van der Waals surface area contributed by atoms with E-state index in [-0.39, 0.29) is 5.56 Å². The summed E-state index contributed by atoms with van der Waals surface area (Å²) in [6.07, 6.45) is 3.39. The molecular formula is C18H15N3O4. The fourth-order valence-electron chi connectivity index (χ4n) is 2.43. The summed E-state index contributed by atoms with van der Waals surface area (Å²) in [5.74, 6) is -0.829. The van der Waals surface area contributed by atoms with E-state index in [4.69, 9.17) is 10.3 Å². The van der Waals surface area contributed by atoms with Crippen LogP contribution in [-0.2, 0) is 11.2 Å². The molecule has 0 spiro atoms. The van der Waals surface area contributed by atoms with Crippen molar-refractivity contribution in [3.8, 4) is 0 Å². The topological polar surface area (TPSA) is 115 Å². The summed E-state index contributed by atoms with van der Waals surface area (Å²) in [6, 6.07) is 12.3. The molecule has 0 aliphatic heterocycles. The number of aromatic carboxylic acids is 1. The van der Waals surface area contributed by atoms with E-state index in [0.717, 1.165) is 22.5 Å². The Labute approximate surface area is 142 Å². The molecule has 0 bridgehead atoms. The zero-order valence-electron chi connectivity index (χ0n) is 13.1. The van der Waals surface area contributed by atoms with Crippen molar-refractivity contribution in [3.05, 3.63) is 71.1 Å². The van der Waals surface area contributed by atoms with E-state index < -0.39 is 11.9 Å². The Morgan fingerprint density at radius 2 is 1.92 bits per heavy atom. The second-order valence-corrected chi connectivity index (χ2v) is 5.45. The Hall–Kier alpha value is -3.45. The number of aromatic amines is 1. The third-order valence-corrected chi connectivity index (χ3v) is 3.67. The predicted molar refractivity (Wildman–Crippen MR) is 91.3 cm³/mol. The molecule has 0 radical (unpaired) electrons. The second kappa shape index (κ2) is 6.98. The molecule has 4 N–H and O–H groups in total. The van der Waals surface area contributed by atoms with E-state index in [9.17, 15) is 9.59 Å². The molecule has 0 saturated carbocycles. The van der Waals surface area contributed by atoms with E-state index in [0.29, 0.717) is 11.9 Å². The lowest BCUT2D eigenvalue weighted by atomic mass is 10.1. The zero-order valence-corrected chi connectivity index (χ0v) is 13.1. The lowest BCUT2D eigenvalue weighted by Crippen LogP contribution is -2.14. The van der Waals surface area contributed by atoms with Crippen LogP contribution in [0.15, 0.2) is 48.5 Å². The standard InChI is InChI=1S/C18H15N3O4/c22-17(21-25)8-5-11-1-3-12(4-2-11)9-16-19-14-7-6-13(18(23)24)10-15(14)20-16/h1-8,10,25H,9H2,(H,19,20)(H,21,22)(H,23,24)/b8-5+. The van der Waals surface area contributed by atoms with Gasteiger partial charge in [-0.2, -0.15) is 0 Å². The van der Waals surface area contributed by atoms with Crippen LogP contribution in [0.1, 0.15) is 27.3 Å². The molecule has 2 aromatic carbocycles. The number of hydroxylamine groups is 1. The first-order chi connectivity index (χ1) is 12.0. The molecule has 7 nitrogen and oxygen atoms in total. The van der Waals surface area contributed by atoms with Gasteiger partial charge in [0.25, 0.3) is 5.91 Å². The summed E-state index contributed by atoms with van der Waals surface area (Å²) in [5.41, 5.74) is 4.98. The summed E-state index contributed by atoms with van der Waals surface area (Å²) in [7, 11) is 0. The van der Waals surface area contributed by atoms with Crippen LogP contribution in [-0.4, -0.2) is 32.2 Å². The van der Waals surface area contributed by atoms with Gasteiger partial charge in [0.1, 0.15) is 5.82 Å². The van der Waals surface area contributed by atoms with Crippen LogP contribution in [0.5, 0.6) is 0 Å². The van der Waals surface area contributed by atoms with Crippen LogP contribution in [0.3, 0.4) is 0 Å². The number of nitrogens with one attached hydrogen (secondary N) is 2. The molecule has 0 atom stereocenters. The fraction of sp³-hybridized carbons (Fsp3) is 0.0556. The second-order valence-electron chi connectivity index (χ2n) is 5.45. The lowest BCUT2D eigenvalue weighted by molar-refractivity contribution is -0.124. The Balaban J connectivity index is 1.75.